The standard InChI is InChI=1S/C30H40N2O7/c1-19-24(15-25(37-4)26(22-11-12-22)27(19)38-5)20(2)32(13-14-39-18-21-9-7-6-8-10-21)29(35)31-30(28(33)34)16-23(17-30)36-3/h6-10,15,20,22-23H,11-14,16-18H2,1-5H3,(H,31,35)(H,33,34)/t20-,23?,30?/m1/s1. The van der Waals surface area contributed by atoms with Gasteiger partial charge in [-0.3, -0.25) is 0 Å². The second-order valence-corrected chi connectivity index (χ2v) is 10.5. The number of hydrogen-bond donors (Lipinski definition) is 2. The van der Waals surface area contributed by atoms with Gasteiger partial charge in [-0.05, 0) is 55.4 Å². The number of aliphatic carboxylic acids is 1. The van der Waals surface area contributed by atoms with E-state index in [1.165, 1.54) is 0 Å². The number of nitrogens with zero attached hydrogens (tertiary/aromatic N) is 1. The first-order valence-corrected chi connectivity index (χ1v) is 13.5. The Balaban J connectivity index is 1.59. The van der Waals surface area contributed by atoms with E-state index in [9.17, 15) is 14.7 Å². The molecule has 0 spiro atoms. The highest BCUT2D eigenvalue weighted by Crippen LogP contribution is 2.51. The quantitative estimate of drug-likeness (QED) is 0.351. The van der Waals surface area contributed by atoms with Crippen molar-refractivity contribution in [2.75, 3.05) is 34.5 Å². The number of carboxylic acid groups (broad SMARTS) is 1. The smallest absolute Gasteiger partial charge is 0.329 e. The van der Waals surface area contributed by atoms with E-state index in [0.29, 0.717) is 12.5 Å². The van der Waals surface area contributed by atoms with E-state index in [2.05, 4.69) is 5.32 Å². The molecule has 0 aromatic heterocycles. The van der Waals surface area contributed by atoms with E-state index in [1.807, 2.05) is 50.2 Å². The average molecular weight is 541 g/mol. The highest BCUT2D eigenvalue weighted by molar-refractivity contribution is 5.87. The lowest BCUT2D eigenvalue weighted by Gasteiger charge is -2.45. The van der Waals surface area contributed by atoms with Gasteiger partial charge in [0.15, 0.2) is 0 Å². The monoisotopic (exact) mass is 540 g/mol. The molecule has 0 unspecified atom stereocenters. The van der Waals surface area contributed by atoms with Gasteiger partial charge in [0, 0.05) is 32.1 Å². The third-order valence-electron chi connectivity index (χ3n) is 7.99. The van der Waals surface area contributed by atoms with Crippen molar-refractivity contribution in [2.24, 2.45) is 0 Å². The molecule has 0 saturated heterocycles. The molecule has 9 heteroatoms. The van der Waals surface area contributed by atoms with E-state index < -0.39 is 23.6 Å². The molecule has 0 aliphatic heterocycles. The number of amides is 2. The van der Waals surface area contributed by atoms with Crippen LogP contribution in [0.25, 0.3) is 0 Å². The summed E-state index contributed by atoms with van der Waals surface area (Å²) in [4.78, 5) is 27.5. The lowest BCUT2D eigenvalue weighted by atomic mass is 9.74. The summed E-state index contributed by atoms with van der Waals surface area (Å²) < 4.78 is 22.8. The molecule has 2 amide bonds. The van der Waals surface area contributed by atoms with Crippen LogP contribution in [-0.2, 0) is 20.9 Å². The highest BCUT2D eigenvalue weighted by Gasteiger charge is 2.52. The van der Waals surface area contributed by atoms with Crippen molar-refractivity contribution in [3.05, 3.63) is 58.7 Å². The van der Waals surface area contributed by atoms with Crippen LogP contribution in [0, 0.1) is 6.92 Å². The molecule has 4 rings (SSSR count). The molecule has 9 nitrogen and oxygen atoms in total. The molecule has 2 aromatic rings. The van der Waals surface area contributed by atoms with E-state index in [-0.39, 0.29) is 32.1 Å². The van der Waals surface area contributed by atoms with Crippen LogP contribution in [0.1, 0.15) is 66.8 Å². The summed E-state index contributed by atoms with van der Waals surface area (Å²) in [6, 6.07) is 10.9. The first-order valence-electron chi connectivity index (χ1n) is 13.5. The fourth-order valence-electron chi connectivity index (χ4n) is 5.45. The molecule has 0 heterocycles. The molecule has 1 atom stereocenters. The largest absolute Gasteiger partial charge is 0.496 e. The van der Waals surface area contributed by atoms with E-state index in [1.54, 1.807) is 26.2 Å². The minimum absolute atomic E-state index is 0.202. The second kappa shape index (κ2) is 12.3. The molecular weight excluding hydrogens is 500 g/mol. The number of ether oxygens (including phenoxy) is 4. The molecule has 2 aliphatic rings. The van der Waals surface area contributed by atoms with Crippen LogP contribution in [0.4, 0.5) is 4.79 Å². The molecular formula is C30H40N2O7. The summed E-state index contributed by atoms with van der Waals surface area (Å²) >= 11 is 0. The maximum Gasteiger partial charge on any atom is 0.329 e. The molecule has 0 radical (unpaired) electrons. The SMILES string of the molecule is COc1cc([C@@H](C)N(CCOCc2ccccc2)C(=O)NC2(C(=O)O)CC(OC)C2)c(C)c(OC)c1C1CC1. The number of urea groups is 1. The lowest BCUT2D eigenvalue weighted by molar-refractivity contribution is -0.155. The van der Waals surface area contributed by atoms with E-state index >= 15 is 0 Å². The number of nitrogens with one attached hydrogen (secondary N) is 1. The lowest BCUT2D eigenvalue weighted by Crippen LogP contribution is -2.66. The summed E-state index contributed by atoms with van der Waals surface area (Å²) in [7, 11) is 4.85. The van der Waals surface area contributed by atoms with Crippen molar-refractivity contribution in [2.45, 2.75) is 69.7 Å². The fraction of sp³-hybridized carbons (Fsp3) is 0.533. The molecule has 39 heavy (non-hydrogen) atoms. The summed E-state index contributed by atoms with van der Waals surface area (Å²) in [5.74, 6) is 0.867. The van der Waals surface area contributed by atoms with Crippen LogP contribution in [0.2, 0.25) is 0 Å². The molecule has 212 valence electrons. The van der Waals surface area contributed by atoms with Crippen LogP contribution >= 0.6 is 0 Å². The van der Waals surface area contributed by atoms with Gasteiger partial charge < -0.3 is 34.3 Å². The third kappa shape index (κ3) is 6.15. The van der Waals surface area contributed by atoms with E-state index in [4.69, 9.17) is 18.9 Å². The van der Waals surface area contributed by atoms with Crippen LogP contribution in [-0.4, -0.2) is 68.1 Å². The predicted molar refractivity (Wildman–Crippen MR) is 146 cm³/mol. The highest BCUT2D eigenvalue weighted by atomic mass is 16.5. The van der Waals surface area contributed by atoms with Crippen LogP contribution < -0.4 is 14.8 Å². The van der Waals surface area contributed by atoms with E-state index in [0.717, 1.165) is 46.6 Å². The van der Waals surface area contributed by atoms with Gasteiger partial charge in [-0.15, -0.1) is 0 Å². The Labute approximate surface area is 230 Å². The Morgan fingerprint density at radius 3 is 2.38 bits per heavy atom. The van der Waals surface area contributed by atoms with Crippen LogP contribution in [0.15, 0.2) is 36.4 Å². The minimum Gasteiger partial charge on any atom is -0.496 e. The number of benzene rings is 2. The van der Waals surface area contributed by atoms with Crippen molar-refractivity contribution >= 4 is 12.0 Å². The molecule has 2 saturated carbocycles. The van der Waals surface area contributed by atoms with Gasteiger partial charge in [0.1, 0.15) is 17.0 Å². The predicted octanol–water partition coefficient (Wildman–Crippen LogP) is 4.81. The summed E-state index contributed by atoms with van der Waals surface area (Å²) in [5, 5.41) is 12.8. The second-order valence-electron chi connectivity index (χ2n) is 10.5. The van der Waals surface area contributed by atoms with Gasteiger partial charge in [0.25, 0.3) is 0 Å². The molecule has 2 N–H and O–H groups in total. The van der Waals surface area contributed by atoms with Gasteiger partial charge >= 0.3 is 12.0 Å². The third-order valence-corrected chi connectivity index (χ3v) is 7.99. The van der Waals surface area contributed by atoms with Crippen LogP contribution in [0.3, 0.4) is 0 Å². The maximum atomic E-state index is 13.7. The Morgan fingerprint density at radius 2 is 1.82 bits per heavy atom. The fourth-order valence-corrected chi connectivity index (χ4v) is 5.45. The molecule has 0 bridgehead atoms. The number of hydrogen-bond acceptors (Lipinski definition) is 6. The van der Waals surface area contributed by atoms with Crippen LogP contribution in [0.5, 0.6) is 11.5 Å². The Kier molecular flexibility index (Phi) is 9.02. The summed E-state index contributed by atoms with van der Waals surface area (Å²) in [5.41, 5.74) is 2.56. The molecule has 2 aromatic carbocycles. The number of rotatable bonds is 13. The molecule has 2 aliphatic carbocycles. The van der Waals surface area contributed by atoms with Gasteiger partial charge in [-0.1, -0.05) is 30.3 Å². The van der Waals surface area contributed by atoms with Crippen molar-refractivity contribution in [3.63, 3.8) is 0 Å². The molecule has 2 fully saturated rings. The number of carbonyl (C=O) groups is 2. The Bertz CT molecular complexity index is 1160. The van der Waals surface area contributed by atoms with Gasteiger partial charge in [0.05, 0.1) is 39.6 Å². The maximum absolute atomic E-state index is 13.7. The summed E-state index contributed by atoms with van der Waals surface area (Å²) in [6.07, 6.45) is 2.41. The Hall–Kier alpha value is -3.30. The van der Waals surface area contributed by atoms with Crippen molar-refractivity contribution in [1.82, 2.24) is 10.2 Å². The zero-order valence-corrected chi connectivity index (χ0v) is 23.5. The zero-order chi connectivity index (χ0) is 28.2. The van der Waals surface area contributed by atoms with Crippen molar-refractivity contribution in [3.8, 4) is 11.5 Å². The number of carboxylic acids is 1. The van der Waals surface area contributed by atoms with Gasteiger partial charge in [0.2, 0.25) is 0 Å². The topological polar surface area (TPSA) is 107 Å². The average Bonchev–Trinajstić information content (AvgIpc) is 3.75. The zero-order valence-electron chi connectivity index (χ0n) is 23.5. The minimum atomic E-state index is -1.36. The first-order chi connectivity index (χ1) is 18.7. The number of carbonyl (C=O) groups excluding carboxylic acids is 1. The number of methoxy groups -OCH3 is 3. The Morgan fingerprint density at radius 1 is 1.13 bits per heavy atom. The first kappa shape index (κ1) is 28.7. The normalized spacial score (nSPS) is 21.0. The summed E-state index contributed by atoms with van der Waals surface area (Å²) in [6.45, 7) is 4.88. The van der Waals surface area contributed by atoms with Crippen molar-refractivity contribution < 1.29 is 33.6 Å². The van der Waals surface area contributed by atoms with Crippen molar-refractivity contribution in [1.29, 1.82) is 0 Å². The van der Waals surface area contributed by atoms with Gasteiger partial charge in [-0.2, -0.15) is 0 Å². The van der Waals surface area contributed by atoms with Gasteiger partial charge in [-0.25, -0.2) is 9.59 Å².